The van der Waals surface area contributed by atoms with Crippen LogP contribution in [0.2, 0.25) is 0 Å². The second-order valence-corrected chi connectivity index (χ2v) is 7.57. The van der Waals surface area contributed by atoms with Crippen molar-refractivity contribution in [2.45, 2.75) is 13.5 Å². The highest BCUT2D eigenvalue weighted by molar-refractivity contribution is 7.13. The first kappa shape index (κ1) is 18.6. The number of carbonyl (C=O) groups is 1. The van der Waals surface area contributed by atoms with Crippen LogP contribution in [0.1, 0.15) is 21.6 Å². The molecule has 1 aliphatic heterocycles. The summed E-state index contributed by atoms with van der Waals surface area (Å²) in [6.07, 6.45) is 1.82. The van der Waals surface area contributed by atoms with Crippen LogP contribution in [0.3, 0.4) is 0 Å². The highest BCUT2D eigenvalue weighted by Crippen LogP contribution is 2.25. The van der Waals surface area contributed by atoms with Crippen molar-refractivity contribution in [1.29, 1.82) is 0 Å². The van der Waals surface area contributed by atoms with Crippen molar-refractivity contribution in [2.75, 3.05) is 31.2 Å². The molecular formula is C21H22N4O2S. The maximum absolute atomic E-state index is 12.4. The molecule has 0 bridgehead atoms. The molecule has 0 saturated carbocycles. The van der Waals surface area contributed by atoms with Gasteiger partial charge in [-0.15, -0.1) is 11.3 Å². The minimum absolute atomic E-state index is 0.165. The highest BCUT2D eigenvalue weighted by atomic mass is 32.1. The van der Waals surface area contributed by atoms with E-state index in [-0.39, 0.29) is 5.91 Å². The van der Waals surface area contributed by atoms with Gasteiger partial charge in [-0.25, -0.2) is 9.97 Å². The lowest BCUT2D eigenvalue weighted by atomic mass is 10.1. The van der Waals surface area contributed by atoms with Gasteiger partial charge < -0.3 is 15.0 Å². The normalized spacial score (nSPS) is 14.1. The van der Waals surface area contributed by atoms with E-state index < -0.39 is 0 Å². The van der Waals surface area contributed by atoms with Crippen molar-refractivity contribution in [3.63, 3.8) is 0 Å². The Kier molecular flexibility index (Phi) is 5.64. The molecule has 1 aliphatic rings. The quantitative estimate of drug-likeness (QED) is 0.719. The van der Waals surface area contributed by atoms with Crippen molar-refractivity contribution >= 4 is 23.1 Å². The first-order valence-corrected chi connectivity index (χ1v) is 10.2. The summed E-state index contributed by atoms with van der Waals surface area (Å²) in [5.74, 6) is 0.779. The summed E-state index contributed by atoms with van der Waals surface area (Å²) in [6, 6.07) is 12.1. The SMILES string of the molecule is Cc1cccc(CNC(=O)c2csc(-c3ccc(N4CCOCC4)nc3)n2)c1. The molecule has 0 aliphatic carbocycles. The number of thiazole rings is 1. The molecule has 28 heavy (non-hydrogen) atoms. The first-order valence-electron chi connectivity index (χ1n) is 9.27. The molecule has 1 aromatic carbocycles. The fraction of sp³-hybridized carbons (Fsp3) is 0.286. The molecular weight excluding hydrogens is 372 g/mol. The van der Waals surface area contributed by atoms with E-state index in [0.717, 1.165) is 48.3 Å². The van der Waals surface area contributed by atoms with E-state index >= 15 is 0 Å². The Morgan fingerprint density at radius 2 is 2.11 bits per heavy atom. The number of amides is 1. The number of rotatable bonds is 5. The van der Waals surface area contributed by atoms with E-state index in [9.17, 15) is 4.79 Å². The fourth-order valence-electron chi connectivity index (χ4n) is 3.10. The van der Waals surface area contributed by atoms with Gasteiger partial charge in [-0.05, 0) is 24.6 Å². The van der Waals surface area contributed by atoms with Crippen LogP contribution < -0.4 is 10.2 Å². The third kappa shape index (κ3) is 4.37. The summed E-state index contributed by atoms with van der Waals surface area (Å²) in [5, 5.41) is 5.51. The van der Waals surface area contributed by atoms with E-state index in [2.05, 4.69) is 26.3 Å². The van der Waals surface area contributed by atoms with Gasteiger partial charge in [0, 0.05) is 36.8 Å². The van der Waals surface area contributed by atoms with Gasteiger partial charge in [-0.3, -0.25) is 4.79 Å². The monoisotopic (exact) mass is 394 g/mol. The molecule has 0 radical (unpaired) electrons. The average molecular weight is 395 g/mol. The number of nitrogens with zero attached hydrogens (tertiary/aromatic N) is 3. The Morgan fingerprint density at radius 1 is 1.25 bits per heavy atom. The molecule has 1 N–H and O–H groups in total. The number of carbonyl (C=O) groups excluding carboxylic acids is 1. The van der Waals surface area contributed by atoms with E-state index in [4.69, 9.17) is 4.74 Å². The molecule has 6 nitrogen and oxygen atoms in total. The number of aromatic nitrogens is 2. The van der Waals surface area contributed by atoms with Crippen LogP contribution in [0.25, 0.3) is 10.6 Å². The lowest BCUT2D eigenvalue weighted by molar-refractivity contribution is 0.0946. The standard InChI is InChI=1S/C21H22N4O2S/c1-15-3-2-4-16(11-15)12-23-20(26)18-14-28-21(24-18)17-5-6-19(22-13-17)25-7-9-27-10-8-25/h2-6,11,13-14H,7-10,12H2,1H3,(H,23,26). The summed E-state index contributed by atoms with van der Waals surface area (Å²) in [5.41, 5.74) is 3.60. The number of pyridine rings is 1. The smallest absolute Gasteiger partial charge is 0.271 e. The predicted octanol–water partition coefficient (Wildman–Crippen LogP) is 3.28. The Labute approximate surface area is 168 Å². The second kappa shape index (κ2) is 8.50. The van der Waals surface area contributed by atoms with Crippen LogP contribution in [0, 0.1) is 6.92 Å². The second-order valence-electron chi connectivity index (χ2n) is 6.71. The Balaban J connectivity index is 1.40. The topological polar surface area (TPSA) is 67.4 Å². The number of ether oxygens (including phenoxy) is 1. The van der Waals surface area contributed by atoms with Crippen LogP contribution >= 0.6 is 11.3 Å². The van der Waals surface area contributed by atoms with Crippen LogP contribution in [0.15, 0.2) is 48.0 Å². The lowest BCUT2D eigenvalue weighted by Crippen LogP contribution is -2.36. The number of hydrogen-bond acceptors (Lipinski definition) is 6. The Bertz CT molecular complexity index is 949. The first-order chi connectivity index (χ1) is 13.7. The van der Waals surface area contributed by atoms with Crippen molar-refractivity contribution in [1.82, 2.24) is 15.3 Å². The summed E-state index contributed by atoms with van der Waals surface area (Å²) >= 11 is 1.45. The van der Waals surface area contributed by atoms with Crippen molar-refractivity contribution in [3.05, 3.63) is 64.8 Å². The molecule has 1 amide bonds. The zero-order chi connectivity index (χ0) is 19.3. The molecule has 1 saturated heterocycles. The van der Waals surface area contributed by atoms with Gasteiger partial charge in [0.25, 0.3) is 5.91 Å². The summed E-state index contributed by atoms with van der Waals surface area (Å²) in [6.45, 7) is 5.71. The molecule has 4 rings (SSSR count). The number of morpholine rings is 1. The lowest BCUT2D eigenvalue weighted by Gasteiger charge is -2.27. The molecule has 7 heteroatoms. The average Bonchev–Trinajstić information content (AvgIpc) is 3.23. The fourth-order valence-corrected chi connectivity index (χ4v) is 3.89. The minimum atomic E-state index is -0.165. The highest BCUT2D eigenvalue weighted by Gasteiger charge is 2.14. The van der Waals surface area contributed by atoms with Gasteiger partial charge in [-0.1, -0.05) is 29.8 Å². The summed E-state index contributed by atoms with van der Waals surface area (Å²) in [4.78, 5) is 23.7. The zero-order valence-corrected chi connectivity index (χ0v) is 16.5. The van der Waals surface area contributed by atoms with Gasteiger partial charge in [0.05, 0.1) is 13.2 Å². The number of nitrogens with one attached hydrogen (secondary N) is 1. The molecule has 3 aromatic rings. The summed E-state index contributed by atoms with van der Waals surface area (Å²) in [7, 11) is 0. The maximum Gasteiger partial charge on any atom is 0.271 e. The number of benzene rings is 1. The van der Waals surface area contributed by atoms with Gasteiger partial charge in [0.15, 0.2) is 0 Å². The van der Waals surface area contributed by atoms with Gasteiger partial charge in [0.2, 0.25) is 0 Å². The number of aryl methyl sites for hydroxylation is 1. The third-order valence-corrected chi connectivity index (χ3v) is 5.49. The van der Waals surface area contributed by atoms with Crippen LogP contribution in [-0.2, 0) is 11.3 Å². The van der Waals surface area contributed by atoms with E-state index in [0.29, 0.717) is 12.2 Å². The molecule has 1 fully saturated rings. The molecule has 2 aromatic heterocycles. The van der Waals surface area contributed by atoms with Crippen molar-refractivity contribution in [3.8, 4) is 10.6 Å². The Morgan fingerprint density at radius 3 is 2.86 bits per heavy atom. The zero-order valence-electron chi connectivity index (χ0n) is 15.7. The van der Waals surface area contributed by atoms with Gasteiger partial charge in [-0.2, -0.15) is 0 Å². The van der Waals surface area contributed by atoms with E-state index in [1.807, 2.05) is 43.5 Å². The predicted molar refractivity (Wildman–Crippen MR) is 111 cm³/mol. The minimum Gasteiger partial charge on any atom is -0.378 e. The van der Waals surface area contributed by atoms with Gasteiger partial charge in [0.1, 0.15) is 16.5 Å². The molecule has 0 atom stereocenters. The largest absolute Gasteiger partial charge is 0.378 e. The summed E-state index contributed by atoms with van der Waals surface area (Å²) < 4.78 is 5.38. The van der Waals surface area contributed by atoms with E-state index in [1.54, 1.807) is 5.38 Å². The molecule has 0 spiro atoms. The number of anilines is 1. The van der Waals surface area contributed by atoms with Crippen molar-refractivity contribution in [2.24, 2.45) is 0 Å². The van der Waals surface area contributed by atoms with E-state index in [1.165, 1.54) is 16.9 Å². The number of hydrogen-bond donors (Lipinski definition) is 1. The Hall–Kier alpha value is -2.77. The van der Waals surface area contributed by atoms with Crippen LogP contribution in [0.5, 0.6) is 0 Å². The maximum atomic E-state index is 12.4. The van der Waals surface area contributed by atoms with Crippen molar-refractivity contribution < 1.29 is 9.53 Å². The molecule has 144 valence electrons. The molecule has 3 heterocycles. The van der Waals surface area contributed by atoms with Crippen LogP contribution in [-0.4, -0.2) is 42.2 Å². The van der Waals surface area contributed by atoms with Crippen LogP contribution in [0.4, 0.5) is 5.82 Å². The third-order valence-electron chi connectivity index (χ3n) is 4.60. The molecule has 0 unspecified atom stereocenters. The van der Waals surface area contributed by atoms with Gasteiger partial charge >= 0.3 is 0 Å².